The molecule has 3 heteroatoms. The fourth-order valence-electron chi connectivity index (χ4n) is 3.20. The minimum Gasteiger partial charge on any atom is -0.396 e. The lowest BCUT2D eigenvalue weighted by molar-refractivity contribution is -0.125. The van der Waals surface area contributed by atoms with E-state index in [0.29, 0.717) is 11.8 Å². The van der Waals surface area contributed by atoms with Crippen LogP contribution in [0.5, 0.6) is 0 Å². The van der Waals surface area contributed by atoms with Crippen molar-refractivity contribution in [2.75, 3.05) is 13.2 Å². The van der Waals surface area contributed by atoms with Gasteiger partial charge in [0.2, 0.25) is 5.91 Å². The van der Waals surface area contributed by atoms with Gasteiger partial charge in [-0.25, -0.2) is 0 Å². The molecule has 0 aromatic carbocycles. The standard InChI is InChI=1S/C15H25NO2/c17-11-14-9-5-4-8-13(14)10-16-15(18)12-6-2-1-3-7-12/h1-2,12-14,17H,3-11H2,(H,16,18). The summed E-state index contributed by atoms with van der Waals surface area (Å²) in [4.78, 5) is 12.0. The maximum atomic E-state index is 12.0. The first-order chi connectivity index (χ1) is 8.81. The minimum atomic E-state index is 0.172. The topological polar surface area (TPSA) is 49.3 Å². The Balaban J connectivity index is 1.75. The van der Waals surface area contributed by atoms with Gasteiger partial charge >= 0.3 is 0 Å². The van der Waals surface area contributed by atoms with E-state index in [1.54, 1.807) is 0 Å². The van der Waals surface area contributed by atoms with Crippen LogP contribution < -0.4 is 5.32 Å². The molecule has 0 radical (unpaired) electrons. The van der Waals surface area contributed by atoms with Crippen LogP contribution in [0.2, 0.25) is 0 Å². The number of aliphatic hydroxyl groups is 1. The first kappa shape index (κ1) is 13.6. The van der Waals surface area contributed by atoms with Crippen molar-refractivity contribution >= 4 is 5.91 Å². The summed E-state index contributed by atoms with van der Waals surface area (Å²) in [6, 6.07) is 0. The van der Waals surface area contributed by atoms with Crippen molar-refractivity contribution in [1.29, 1.82) is 0 Å². The highest BCUT2D eigenvalue weighted by Crippen LogP contribution is 2.29. The molecule has 2 aliphatic carbocycles. The Morgan fingerprint density at radius 3 is 2.61 bits per heavy atom. The molecule has 18 heavy (non-hydrogen) atoms. The van der Waals surface area contributed by atoms with Gasteiger partial charge in [-0.1, -0.05) is 25.0 Å². The highest BCUT2D eigenvalue weighted by molar-refractivity contribution is 5.78. The van der Waals surface area contributed by atoms with Gasteiger partial charge in [0.1, 0.15) is 0 Å². The molecule has 3 nitrogen and oxygen atoms in total. The van der Waals surface area contributed by atoms with E-state index in [1.807, 2.05) is 0 Å². The normalized spacial score (nSPS) is 32.2. The maximum Gasteiger partial charge on any atom is 0.223 e. The van der Waals surface area contributed by atoms with Crippen LogP contribution in [0.1, 0.15) is 44.9 Å². The molecule has 3 atom stereocenters. The third kappa shape index (κ3) is 3.58. The maximum absolute atomic E-state index is 12.0. The number of hydrogen-bond acceptors (Lipinski definition) is 2. The van der Waals surface area contributed by atoms with Crippen molar-refractivity contribution in [1.82, 2.24) is 5.32 Å². The fourth-order valence-corrected chi connectivity index (χ4v) is 3.20. The van der Waals surface area contributed by atoms with Crippen molar-refractivity contribution < 1.29 is 9.90 Å². The average Bonchev–Trinajstić information content (AvgIpc) is 2.46. The molecule has 0 bridgehead atoms. The molecule has 0 saturated heterocycles. The summed E-state index contributed by atoms with van der Waals surface area (Å²) in [5.74, 6) is 1.25. The number of rotatable bonds is 4. The Hall–Kier alpha value is -0.830. The van der Waals surface area contributed by atoms with E-state index in [4.69, 9.17) is 0 Å². The third-order valence-electron chi connectivity index (χ3n) is 4.48. The van der Waals surface area contributed by atoms with Gasteiger partial charge in [0, 0.05) is 19.1 Å². The Morgan fingerprint density at radius 2 is 1.94 bits per heavy atom. The van der Waals surface area contributed by atoms with Crippen LogP contribution in [-0.2, 0) is 4.79 Å². The molecule has 1 amide bonds. The highest BCUT2D eigenvalue weighted by atomic mass is 16.3. The summed E-state index contributed by atoms with van der Waals surface area (Å²) in [6.07, 6.45) is 11.9. The number of hydrogen-bond donors (Lipinski definition) is 2. The second-order valence-corrected chi connectivity index (χ2v) is 5.71. The van der Waals surface area contributed by atoms with Gasteiger partial charge in [0.25, 0.3) is 0 Å². The number of carbonyl (C=O) groups is 1. The van der Waals surface area contributed by atoms with E-state index in [2.05, 4.69) is 17.5 Å². The van der Waals surface area contributed by atoms with Gasteiger partial charge in [-0.2, -0.15) is 0 Å². The van der Waals surface area contributed by atoms with Gasteiger partial charge < -0.3 is 10.4 Å². The lowest BCUT2D eigenvalue weighted by Gasteiger charge is -2.30. The van der Waals surface area contributed by atoms with E-state index < -0.39 is 0 Å². The van der Waals surface area contributed by atoms with Crippen LogP contribution in [0.4, 0.5) is 0 Å². The minimum absolute atomic E-state index is 0.172. The lowest BCUT2D eigenvalue weighted by Crippen LogP contribution is -2.38. The molecular weight excluding hydrogens is 226 g/mol. The summed E-state index contributed by atoms with van der Waals surface area (Å²) in [5.41, 5.74) is 0. The summed E-state index contributed by atoms with van der Waals surface area (Å²) in [5, 5.41) is 12.5. The summed E-state index contributed by atoms with van der Waals surface area (Å²) in [7, 11) is 0. The summed E-state index contributed by atoms with van der Waals surface area (Å²) >= 11 is 0. The van der Waals surface area contributed by atoms with Crippen LogP contribution in [0.15, 0.2) is 12.2 Å². The molecule has 1 fully saturated rings. The van der Waals surface area contributed by atoms with E-state index in [1.165, 1.54) is 12.8 Å². The number of aliphatic hydroxyl groups excluding tert-OH is 1. The molecule has 3 unspecified atom stereocenters. The monoisotopic (exact) mass is 251 g/mol. The zero-order valence-corrected chi connectivity index (χ0v) is 11.1. The number of amides is 1. The van der Waals surface area contributed by atoms with Crippen molar-refractivity contribution in [2.45, 2.75) is 44.9 Å². The van der Waals surface area contributed by atoms with E-state index in [-0.39, 0.29) is 18.4 Å². The molecule has 2 aliphatic rings. The molecule has 102 valence electrons. The molecule has 0 aromatic heterocycles. The fraction of sp³-hybridized carbons (Fsp3) is 0.800. The van der Waals surface area contributed by atoms with Crippen molar-refractivity contribution in [3.8, 4) is 0 Å². The first-order valence-electron chi connectivity index (χ1n) is 7.35. The van der Waals surface area contributed by atoms with Gasteiger partial charge in [-0.05, 0) is 43.9 Å². The number of nitrogens with one attached hydrogen (secondary N) is 1. The predicted molar refractivity (Wildman–Crippen MR) is 72.0 cm³/mol. The lowest BCUT2D eigenvalue weighted by atomic mass is 9.79. The van der Waals surface area contributed by atoms with Crippen LogP contribution >= 0.6 is 0 Å². The molecule has 0 aliphatic heterocycles. The molecule has 0 aromatic rings. The van der Waals surface area contributed by atoms with Gasteiger partial charge in [0.15, 0.2) is 0 Å². The SMILES string of the molecule is O=C(NCC1CCCCC1CO)C1CC=CCC1. The Morgan fingerprint density at radius 1 is 1.17 bits per heavy atom. The van der Waals surface area contributed by atoms with E-state index >= 15 is 0 Å². The molecule has 0 heterocycles. The molecular formula is C15H25NO2. The summed E-state index contributed by atoms with van der Waals surface area (Å²) in [6.45, 7) is 1.02. The van der Waals surface area contributed by atoms with Gasteiger partial charge in [-0.15, -0.1) is 0 Å². The van der Waals surface area contributed by atoms with E-state index in [9.17, 15) is 9.90 Å². The molecule has 2 rings (SSSR count). The Labute approximate surface area is 110 Å². The third-order valence-corrected chi connectivity index (χ3v) is 4.48. The highest BCUT2D eigenvalue weighted by Gasteiger charge is 2.26. The van der Waals surface area contributed by atoms with Crippen molar-refractivity contribution in [2.24, 2.45) is 17.8 Å². The largest absolute Gasteiger partial charge is 0.396 e. The summed E-state index contributed by atoms with van der Waals surface area (Å²) < 4.78 is 0. The van der Waals surface area contributed by atoms with Gasteiger partial charge in [-0.3, -0.25) is 4.79 Å². The smallest absolute Gasteiger partial charge is 0.223 e. The number of allylic oxidation sites excluding steroid dienone is 2. The molecule has 1 saturated carbocycles. The van der Waals surface area contributed by atoms with Crippen LogP contribution in [0.25, 0.3) is 0 Å². The average molecular weight is 251 g/mol. The van der Waals surface area contributed by atoms with E-state index in [0.717, 1.165) is 38.6 Å². The van der Waals surface area contributed by atoms with Crippen LogP contribution in [-0.4, -0.2) is 24.2 Å². The quantitative estimate of drug-likeness (QED) is 0.753. The van der Waals surface area contributed by atoms with Crippen molar-refractivity contribution in [3.63, 3.8) is 0 Å². The first-order valence-corrected chi connectivity index (χ1v) is 7.35. The number of carbonyl (C=O) groups excluding carboxylic acids is 1. The Kier molecular flexibility index (Phi) is 5.24. The Bertz CT molecular complexity index is 301. The predicted octanol–water partition coefficient (Wildman–Crippen LogP) is 2.26. The molecule has 2 N–H and O–H groups in total. The second kappa shape index (κ2) is 6.93. The zero-order valence-electron chi connectivity index (χ0n) is 11.1. The van der Waals surface area contributed by atoms with Crippen molar-refractivity contribution in [3.05, 3.63) is 12.2 Å². The zero-order chi connectivity index (χ0) is 12.8. The molecule has 0 spiro atoms. The van der Waals surface area contributed by atoms with Gasteiger partial charge in [0.05, 0.1) is 0 Å². The second-order valence-electron chi connectivity index (χ2n) is 5.71. The van der Waals surface area contributed by atoms with Crippen LogP contribution in [0, 0.1) is 17.8 Å². The van der Waals surface area contributed by atoms with Crippen LogP contribution in [0.3, 0.4) is 0 Å².